The molecule has 3 rings (SSSR count). The molecular formula is C11H10ClN5. The minimum atomic E-state index is -0.316. The van der Waals surface area contributed by atoms with E-state index in [0.717, 1.165) is 22.4 Å². The zero-order chi connectivity index (χ0) is 11.8. The van der Waals surface area contributed by atoms with Crippen LogP contribution in [0.4, 0.5) is 0 Å². The van der Waals surface area contributed by atoms with Crippen LogP contribution in [0.5, 0.6) is 0 Å². The van der Waals surface area contributed by atoms with E-state index in [4.69, 9.17) is 17.3 Å². The van der Waals surface area contributed by atoms with Gasteiger partial charge in [0.05, 0.1) is 5.02 Å². The molecule has 0 spiro atoms. The largest absolute Gasteiger partial charge is 0.347 e. The highest BCUT2D eigenvalue weighted by molar-refractivity contribution is 6.31. The summed E-state index contributed by atoms with van der Waals surface area (Å²) in [6, 6.07) is 1.85. The average molecular weight is 248 g/mol. The highest BCUT2D eigenvalue weighted by Gasteiger charge is 2.13. The minimum absolute atomic E-state index is 0.316. The first kappa shape index (κ1) is 10.3. The van der Waals surface area contributed by atoms with E-state index in [2.05, 4.69) is 20.3 Å². The van der Waals surface area contributed by atoms with Gasteiger partial charge >= 0.3 is 0 Å². The van der Waals surface area contributed by atoms with E-state index >= 15 is 0 Å². The van der Waals surface area contributed by atoms with Crippen LogP contribution < -0.4 is 11.1 Å². The van der Waals surface area contributed by atoms with Crippen molar-refractivity contribution >= 4 is 28.5 Å². The maximum absolute atomic E-state index is 5.94. The van der Waals surface area contributed by atoms with Crippen LogP contribution in [-0.4, -0.2) is 22.0 Å². The van der Waals surface area contributed by atoms with Crippen LogP contribution in [-0.2, 0) is 0 Å². The van der Waals surface area contributed by atoms with Crippen molar-refractivity contribution in [2.75, 3.05) is 0 Å². The number of pyridine rings is 1. The number of rotatable bonds is 1. The molecule has 0 fully saturated rings. The number of aromatic amines is 1. The molecule has 1 unspecified atom stereocenters. The van der Waals surface area contributed by atoms with E-state index in [9.17, 15) is 0 Å². The first-order chi connectivity index (χ1) is 8.24. The third kappa shape index (κ3) is 1.79. The lowest BCUT2D eigenvalue weighted by atomic mass is 10.2. The fraction of sp³-hybridized carbons (Fsp3) is 0.0909. The molecule has 0 saturated carbocycles. The molecule has 17 heavy (non-hydrogen) atoms. The molecule has 1 atom stereocenters. The van der Waals surface area contributed by atoms with Gasteiger partial charge in [0.1, 0.15) is 17.6 Å². The predicted octanol–water partition coefficient (Wildman–Crippen LogP) is 1.36. The van der Waals surface area contributed by atoms with Gasteiger partial charge in [-0.1, -0.05) is 11.6 Å². The highest BCUT2D eigenvalue weighted by atomic mass is 35.5. The quantitative estimate of drug-likeness (QED) is 0.712. The summed E-state index contributed by atoms with van der Waals surface area (Å²) in [6.07, 6.45) is 6.69. The molecule has 6 heteroatoms. The zero-order valence-corrected chi connectivity index (χ0v) is 9.57. The second kappa shape index (κ2) is 3.87. The lowest BCUT2D eigenvalue weighted by Gasteiger charge is -2.12. The van der Waals surface area contributed by atoms with Crippen molar-refractivity contribution in [2.45, 2.75) is 6.17 Å². The van der Waals surface area contributed by atoms with Gasteiger partial charge in [0, 0.05) is 29.5 Å². The van der Waals surface area contributed by atoms with E-state index in [1.807, 2.05) is 12.3 Å². The third-order valence-corrected chi connectivity index (χ3v) is 2.75. The second-order valence-electron chi connectivity index (χ2n) is 3.72. The Bertz CT molecular complexity index is 628. The first-order valence-corrected chi connectivity index (χ1v) is 5.51. The van der Waals surface area contributed by atoms with Crippen molar-refractivity contribution in [1.82, 2.24) is 15.3 Å². The summed E-state index contributed by atoms with van der Waals surface area (Å²) in [5, 5.41) is 4.58. The topological polar surface area (TPSA) is 79.1 Å². The molecule has 1 aliphatic heterocycles. The van der Waals surface area contributed by atoms with Crippen LogP contribution in [0.3, 0.4) is 0 Å². The lowest BCUT2D eigenvalue weighted by Crippen LogP contribution is -2.29. The van der Waals surface area contributed by atoms with Crippen LogP contribution in [0.15, 0.2) is 35.7 Å². The first-order valence-electron chi connectivity index (χ1n) is 5.13. The van der Waals surface area contributed by atoms with Gasteiger partial charge in [-0.05, 0) is 12.1 Å². The van der Waals surface area contributed by atoms with Gasteiger partial charge in [-0.3, -0.25) is 0 Å². The van der Waals surface area contributed by atoms with Crippen LogP contribution in [0.1, 0.15) is 5.56 Å². The van der Waals surface area contributed by atoms with Gasteiger partial charge in [0.25, 0.3) is 0 Å². The Balaban J connectivity index is 2.14. The summed E-state index contributed by atoms with van der Waals surface area (Å²) in [7, 11) is 0. The molecule has 0 aromatic carbocycles. The Morgan fingerprint density at radius 3 is 3.12 bits per heavy atom. The molecule has 0 amide bonds. The summed E-state index contributed by atoms with van der Waals surface area (Å²) < 4.78 is 0. The summed E-state index contributed by atoms with van der Waals surface area (Å²) in [4.78, 5) is 11.6. The van der Waals surface area contributed by atoms with Crippen molar-refractivity contribution in [3.63, 3.8) is 0 Å². The number of aliphatic imine (C=N–C) groups is 1. The van der Waals surface area contributed by atoms with Crippen LogP contribution in [0.2, 0.25) is 5.02 Å². The molecule has 5 nitrogen and oxygen atoms in total. The molecule has 0 saturated heterocycles. The fourth-order valence-corrected chi connectivity index (χ4v) is 1.93. The summed E-state index contributed by atoms with van der Waals surface area (Å²) in [6.45, 7) is 0. The maximum Gasteiger partial charge on any atom is 0.138 e. The predicted molar refractivity (Wildman–Crippen MR) is 67.9 cm³/mol. The smallest absolute Gasteiger partial charge is 0.138 e. The molecular weight excluding hydrogens is 238 g/mol. The zero-order valence-electron chi connectivity index (χ0n) is 8.81. The maximum atomic E-state index is 5.94. The summed E-state index contributed by atoms with van der Waals surface area (Å²) in [5.74, 6) is 0.718. The number of amidine groups is 1. The van der Waals surface area contributed by atoms with Gasteiger partial charge in [-0.2, -0.15) is 0 Å². The highest BCUT2D eigenvalue weighted by Crippen LogP contribution is 2.21. The standard InChI is InChI=1S/C11H10ClN5/c12-6-3-7-8(5-16-10(7)15-4-6)11-14-2-1-9(13)17-11/h1-5,9H,13H2,(H,14,17)(H,15,16). The number of nitrogens with one attached hydrogen (secondary N) is 2. The van der Waals surface area contributed by atoms with Crippen molar-refractivity contribution in [3.05, 3.63) is 41.3 Å². The number of nitrogens with two attached hydrogens (primary N) is 1. The summed E-state index contributed by atoms with van der Waals surface area (Å²) in [5.41, 5.74) is 7.43. The Hall–Kier alpha value is -1.85. The van der Waals surface area contributed by atoms with Gasteiger partial charge in [-0.25, -0.2) is 9.98 Å². The number of H-pyrrole nitrogens is 1. The Kier molecular flexibility index (Phi) is 2.35. The van der Waals surface area contributed by atoms with Gasteiger partial charge in [0.2, 0.25) is 0 Å². The van der Waals surface area contributed by atoms with Crippen LogP contribution in [0, 0.1) is 0 Å². The molecule has 86 valence electrons. The fourth-order valence-electron chi connectivity index (χ4n) is 1.78. The van der Waals surface area contributed by atoms with Gasteiger partial charge < -0.3 is 16.0 Å². The lowest BCUT2D eigenvalue weighted by molar-refractivity contribution is 0.844. The summed E-state index contributed by atoms with van der Waals surface area (Å²) >= 11 is 5.94. The molecule has 0 aliphatic carbocycles. The second-order valence-corrected chi connectivity index (χ2v) is 4.16. The number of hydrogen-bond donors (Lipinski definition) is 3. The molecule has 0 radical (unpaired) electrons. The molecule has 1 aliphatic rings. The van der Waals surface area contributed by atoms with E-state index in [1.54, 1.807) is 18.5 Å². The number of nitrogens with zero attached hydrogens (tertiary/aromatic N) is 2. The number of halogens is 1. The van der Waals surface area contributed by atoms with Crippen molar-refractivity contribution < 1.29 is 0 Å². The Morgan fingerprint density at radius 1 is 1.41 bits per heavy atom. The minimum Gasteiger partial charge on any atom is -0.347 e. The van der Waals surface area contributed by atoms with Crippen molar-refractivity contribution in [3.8, 4) is 0 Å². The molecule has 4 N–H and O–H groups in total. The average Bonchev–Trinajstić information content (AvgIpc) is 2.71. The monoisotopic (exact) mass is 247 g/mol. The van der Waals surface area contributed by atoms with Gasteiger partial charge in [-0.15, -0.1) is 0 Å². The number of hydrogen-bond acceptors (Lipinski definition) is 4. The molecule has 2 aromatic rings. The van der Waals surface area contributed by atoms with E-state index < -0.39 is 0 Å². The van der Waals surface area contributed by atoms with Gasteiger partial charge in [0.15, 0.2) is 0 Å². The van der Waals surface area contributed by atoms with E-state index in [0.29, 0.717) is 5.02 Å². The normalized spacial score (nSPS) is 19.2. The van der Waals surface area contributed by atoms with Crippen molar-refractivity contribution in [2.24, 2.45) is 10.7 Å². The SMILES string of the molecule is NC1C=CNC(c2c[nH]c3ncc(Cl)cc23)=N1. The van der Waals surface area contributed by atoms with Crippen molar-refractivity contribution in [1.29, 1.82) is 0 Å². The van der Waals surface area contributed by atoms with E-state index in [1.165, 1.54) is 0 Å². The Labute approximate surface area is 102 Å². The third-order valence-electron chi connectivity index (χ3n) is 2.54. The number of aromatic nitrogens is 2. The molecule has 2 aromatic heterocycles. The van der Waals surface area contributed by atoms with Crippen LogP contribution in [0.25, 0.3) is 11.0 Å². The van der Waals surface area contributed by atoms with Crippen LogP contribution >= 0.6 is 11.6 Å². The number of fused-ring (bicyclic) bond motifs is 1. The molecule has 0 bridgehead atoms. The van der Waals surface area contributed by atoms with E-state index in [-0.39, 0.29) is 6.17 Å². The Morgan fingerprint density at radius 2 is 2.29 bits per heavy atom. The molecule has 3 heterocycles.